The number of rotatable bonds is 5. The number of pyridine rings is 1. The van der Waals surface area contributed by atoms with Crippen LogP contribution in [0.15, 0.2) is 48.8 Å². The van der Waals surface area contributed by atoms with Crippen molar-refractivity contribution in [3.8, 4) is 5.75 Å². The molecule has 0 aliphatic heterocycles. The number of aromatic nitrogens is 2. The highest BCUT2D eigenvalue weighted by Crippen LogP contribution is 2.32. The molecule has 0 saturated heterocycles. The van der Waals surface area contributed by atoms with Gasteiger partial charge in [-0.25, -0.2) is 9.78 Å². The van der Waals surface area contributed by atoms with Gasteiger partial charge in [-0.05, 0) is 24.3 Å². The number of halogens is 2. The minimum atomic E-state index is -0.512. The molecule has 0 fully saturated rings. The first-order chi connectivity index (χ1) is 11.1. The molecule has 0 N–H and O–H groups in total. The molecule has 0 atom stereocenters. The predicted molar refractivity (Wildman–Crippen MR) is 87.4 cm³/mol. The van der Waals surface area contributed by atoms with E-state index in [9.17, 15) is 4.79 Å². The number of benzene rings is 1. The number of carbonyl (C=O) groups is 1. The number of esters is 1. The normalized spacial score (nSPS) is 10.7. The van der Waals surface area contributed by atoms with Crippen LogP contribution in [0.4, 0.5) is 0 Å². The third-order valence-corrected chi connectivity index (χ3v) is 3.65. The molecule has 0 amide bonds. The fraction of sp³-hybridized carbons (Fsp3) is 0.125. The number of para-hydroxylation sites is 1. The number of carbonyl (C=O) groups excluding carboxylic acids is 1. The Kier molecular flexibility index (Phi) is 4.69. The average Bonchev–Trinajstić information content (AvgIpc) is 2.97. The van der Waals surface area contributed by atoms with Crippen LogP contribution in [-0.4, -0.2) is 28.6 Å². The van der Waals surface area contributed by atoms with Gasteiger partial charge in [-0.1, -0.05) is 35.3 Å². The number of fused-ring (bicyclic) bond motifs is 1. The number of ether oxygens (including phenoxy) is 2. The summed E-state index contributed by atoms with van der Waals surface area (Å²) in [6.07, 6.45) is 3.42. The van der Waals surface area contributed by atoms with E-state index >= 15 is 0 Å². The molecular formula is C16H12Cl2N2O3. The minimum absolute atomic E-state index is 0.0637. The highest BCUT2D eigenvalue weighted by molar-refractivity contribution is 6.37. The molecule has 0 aliphatic carbocycles. The standard InChI is InChI=1S/C16H12Cl2N2O3/c17-11-4-3-5-12(18)15(11)22-8-9-23-16(21)13-10-20-7-2-1-6-14(20)19-13/h1-7,10H,8-9H2. The van der Waals surface area contributed by atoms with E-state index in [-0.39, 0.29) is 18.9 Å². The van der Waals surface area contributed by atoms with Crippen LogP contribution in [0.1, 0.15) is 10.5 Å². The summed E-state index contributed by atoms with van der Waals surface area (Å²) in [4.78, 5) is 16.1. The van der Waals surface area contributed by atoms with Crippen molar-refractivity contribution in [2.24, 2.45) is 0 Å². The second kappa shape index (κ2) is 6.89. The highest BCUT2D eigenvalue weighted by Gasteiger charge is 2.12. The Bertz CT molecular complexity index is 795. The molecule has 0 bridgehead atoms. The maximum atomic E-state index is 12.0. The van der Waals surface area contributed by atoms with E-state index in [0.29, 0.717) is 21.4 Å². The van der Waals surface area contributed by atoms with Crippen molar-refractivity contribution in [3.05, 3.63) is 64.5 Å². The van der Waals surface area contributed by atoms with Crippen molar-refractivity contribution < 1.29 is 14.3 Å². The quantitative estimate of drug-likeness (QED) is 0.517. The van der Waals surface area contributed by atoms with Crippen LogP contribution in [0.25, 0.3) is 5.65 Å². The van der Waals surface area contributed by atoms with Crippen LogP contribution in [0, 0.1) is 0 Å². The van der Waals surface area contributed by atoms with Crippen LogP contribution in [0.2, 0.25) is 10.0 Å². The Morgan fingerprint density at radius 2 is 1.87 bits per heavy atom. The number of hydrogen-bond acceptors (Lipinski definition) is 4. The molecule has 1 aromatic carbocycles. The number of imidazole rings is 1. The molecule has 0 spiro atoms. The lowest BCUT2D eigenvalue weighted by molar-refractivity contribution is 0.0444. The summed E-state index contributed by atoms with van der Waals surface area (Å²) in [5.41, 5.74) is 0.922. The molecule has 0 aliphatic rings. The van der Waals surface area contributed by atoms with Crippen LogP contribution in [-0.2, 0) is 4.74 Å². The molecule has 7 heteroatoms. The minimum Gasteiger partial charge on any atom is -0.487 e. The number of nitrogens with zero attached hydrogens (tertiary/aromatic N) is 2. The molecule has 2 aromatic heterocycles. The zero-order valence-corrected chi connectivity index (χ0v) is 13.4. The Hall–Kier alpha value is -2.24. The lowest BCUT2D eigenvalue weighted by Gasteiger charge is -2.09. The average molecular weight is 351 g/mol. The van der Waals surface area contributed by atoms with E-state index < -0.39 is 5.97 Å². The van der Waals surface area contributed by atoms with Gasteiger partial charge in [0.2, 0.25) is 0 Å². The Balaban J connectivity index is 1.55. The fourth-order valence-corrected chi connectivity index (χ4v) is 2.51. The van der Waals surface area contributed by atoms with Gasteiger partial charge in [0, 0.05) is 12.4 Å². The summed E-state index contributed by atoms with van der Waals surface area (Å²) in [6, 6.07) is 10.6. The summed E-state index contributed by atoms with van der Waals surface area (Å²) >= 11 is 12.0. The van der Waals surface area contributed by atoms with Gasteiger partial charge in [0.05, 0.1) is 10.0 Å². The van der Waals surface area contributed by atoms with E-state index in [2.05, 4.69) is 4.98 Å². The van der Waals surface area contributed by atoms with E-state index in [1.54, 1.807) is 34.9 Å². The van der Waals surface area contributed by atoms with Crippen molar-refractivity contribution in [2.45, 2.75) is 0 Å². The van der Waals surface area contributed by atoms with Gasteiger partial charge in [-0.2, -0.15) is 0 Å². The first kappa shape index (κ1) is 15.6. The third kappa shape index (κ3) is 3.57. The largest absolute Gasteiger partial charge is 0.487 e. The zero-order chi connectivity index (χ0) is 16.2. The Morgan fingerprint density at radius 3 is 2.61 bits per heavy atom. The van der Waals surface area contributed by atoms with Gasteiger partial charge in [-0.3, -0.25) is 0 Å². The maximum Gasteiger partial charge on any atom is 0.358 e. The SMILES string of the molecule is O=C(OCCOc1c(Cl)cccc1Cl)c1cn2ccccc2n1. The van der Waals surface area contributed by atoms with Crippen molar-refractivity contribution in [1.29, 1.82) is 0 Å². The van der Waals surface area contributed by atoms with Crippen LogP contribution in [0.5, 0.6) is 5.75 Å². The smallest absolute Gasteiger partial charge is 0.358 e. The lowest BCUT2D eigenvalue weighted by atomic mass is 10.3. The summed E-state index contributed by atoms with van der Waals surface area (Å²) in [7, 11) is 0. The van der Waals surface area contributed by atoms with Crippen LogP contribution < -0.4 is 4.74 Å². The fourth-order valence-electron chi connectivity index (χ4n) is 2.01. The van der Waals surface area contributed by atoms with Gasteiger partial charge >= 0.3 is 5.97 Å². The third-order valence-electron chi connectivity index (χ3n) is 3.05. The molecule has 0 unspecified atom stereocenters. The maximum absolute atomic E-state index is 12.0. The topological polar surface area (TPSA) is 52.8 Å². The van der Waals surface area contributed by atoms with E-state index in [1.807, 2.05) is 18.3 Å². The summed E-state index contributed by atoms with van der Waals surface area (Å²) < 4.78 is 12.3. The van der Waals surface area contributed by atoms with Crippen LogP contribution >= 0.6 is 23.2 Å². The van der Waals surface area contributed by atoms with Crippen molar-refractivity contribution in [3.63, 3.8) is 0 Å². The summed E-state index contributed by atoms with van der Waals surface area (Å²) in [5.74, 6) is -0.137. The summed E-state index contributed by atoms with van der Waals surface area (Å²) in [5, 5.41) is 0.813. The lowest BCUT2D eigenvalue weighted by Crippen LogP contribution is -2.13. The molecule has 0 radical (unpaired) electrons. The van der Waals surface area contributed by atoms with Gasteiger partial charge < -0.3 is 13.9 Å². The van der Waals surface area contributed by atoms with Gasteiger partial charge in [0.1, 0.15) is 18.9 Å². The van der Waals surface area contributed by atoms with Gasteiger partial charge in [-0.15, -0.1) is 0 Å². The Morgan fingerprint density at radius 1 is 1.09 bits per heavy atom. The van der Waals surface area contributed by atoms with Crippen molar-refractivity contribution >= 4 is 34.8 Å². The van der Waals surface area contributed by atoms with Gasteiger partial charge in [0.25, 0.3) is 0 Å². The van der Waals surface area contributed by atoms with E-state index in [0.717, 1.165) is 0 Å². The van der Waals surface area contributed by atoms with Gasteiger partial charge in [0.15, 0.2) is 11.4 Å². The molecule has 3 aromatic rings. The molecule has 2 heterocycles. The predicted octanol–water partition coefficient (Wildman–Crippen LogP) is 3.88. The summed E-state index contributed by atoms with van der Waals surface area (Å²) in [6.45, 7) is 0.205. The Labute approximate surface area is 142 Å². The number of hydrogen-bond donors (Lipinski definition) is 0. The van der Waals surface area contributed by atoms with E-state index in [1.165, 1.54) is 0 Å². The molecule has 5 nitrogen and oxygen atoms in total. The first-order valence-corrected chi connectivity index (χ1v) is 7.58. The highest BCUT2D eigenvalue weighted by atomic mass is 35.5. The molecule has 3 rings (SSSR count). The second-order valence-electron chi connectivity index (χ2n) is 4.63. The molecule has 0 saturated carbocycles. The molecule has 118 valence electrons. The molecular weight excluding hydrogens is 339 g/mol. The van der Waals surface area contributed by atoms with E-state index in [4.69, 9.17) is 32.7 Å². The van der Waals surface area contributed by atoms with Crippen molar-refractivity contribution in [1.82, 2.24) is 9.38 Å². The zero-order valence-electron chi connectivity index (χ0n) is 11.9. The second-order valence-corrected chi connectivity index (χ2v) is 5.44. The van der Waals surface area contributed by atoms with Crippen LogP contribution in [0.3, 0.4) is 0 Å². The first-order valence-electron chi connectivity index (χ1n) is 6.83. The van der Waals surface area contributed by atoms with Crippen molar-refractivity contribution in [2.75, 3.05) is 13.2 Å². The molecule has 23 heavy (non-hydrogen) atoms. The monoisotopic (exact) mass is 350 g/mol.